The molecular weight excluding hydrogens is 381 g/mol. The Balaban J connectivity index is 1.75. The first-order valence-electron chi connectivity index (χ1n) is 8.36. The van der Waals surface area contributed by atoms with Crippen LogP contribution < -0.4 is 10.5 Å². The minimum Gasteiger partial charge on any atom is -0.364 e. The Labute approximate surface area is 160 Å². The molecule has 4 N–H and O–H groups in total. The van der Waals surface area contributed by atoms with Gasteiger partial charge in [-0.05, 0) is 42.0 Å². The van der Waals surface area contributed by atoms with Gasteiger partial charge in [0.25, 0.3) is 0 Å². The molecule has 0 saturated carbocycles. The molecule has 0 aliphatic heterocycles. The molecule has 0 aliphatic rings. The molecule has 0 spiro atoms. The fraction of sp³-hybridized carbons (Fsp3) is 0.0526. The Morgan fingerprint density at radius 1 is 1.11 bits per heavy atom. The number of hydrogen-bond donors (Lipinski definition) is 3. The van der Waals surface area contributed by atoms with Gasteiger partial charge in [0, 0.05) is 23.3 Å². The van der Waals surface area contributed by atoms with E-state index in [-0.39, 0.29) is 10.5 Å². The predicted molar refractivity (Wildman–Crippen MR) is 104 cm³/mol. The van der Waals surface area contributed by atoms with E-state index in [1.54, 1.807) is 24.5 Å². The summed E-state index contributed by atoms with van der Waals surface area (Å²) >= 11 is 0. The van der Waals surface area contributed by atoms with Crippen molar-refractivity contribution in [3.05, 3.63) is 72.4 Å². The lowest BCUT2D eigenvalue weighted by Gasteiger charge is -2.11. The number of benzene rings is 1. The third-order valence-electron chi connectivity index (χ3n) is 4.26. The van der Waals surface area contributed by atoms with E-state index in [4.69, 9.17) is 5.14 Å². The van der Waals surface area contributed by atoms with Gasteiger partial charge in [-0.25, -0.2) is 22.9 Å². The van der Waals surface area contributed by atoms with Gasteiger partial charge in [-0.1, -0.05) is 12.1 Å². The molecule has 0 fully saturated rings. The van der Waals surface area contributed by atoms with Crippen molar-refractivity contribution in [3.63, 3.8) is 0 Å². The number of primary sulfonamides is 1. The number of aromatic nitrogens is 3. The van der Waals surface area contributed by atoms with E-state index in [1.807, 2.05) is 18.2 Å². The van der Waals surface area contributed by atoms with E-state index in [0.29, 0.717) is 29.0 Å². The molecule has 7 nitrogen and oxygen atoms in total. The maximum atomic E-state index is 14.7. The van der Waals surface area contributed by atoms with Crippen LogP contribution in [0.15, 0.2) is 65.8 Å². The average molecular weight is 397 g/mol. The molecule has 0 radical (unpaired) electrons. The van der Waals surface area contributed by atoms with Crippen molar-refractivity contribution in [2.45, 2.75) is 11.4 Å². The zero-order chi connectivity index (χ0) is 19.7. The first-order chi connectivity index (χ1) is 13.4. The van der Waals surface area contributed by atoms with Crippen molar-refractivity contribution < 1.29 is 12.8 Å². The molecule has 4 rings (SSSR count). The molecule has 0 unspecified atom stereocenters. The van der Waals surface area contributed by atoms with Gasteiger partial charge in [0.15, 0.2) is 0 Å². The third kappa shape index (κ3) is 3.57. The van der Waals surface area contributed by atoms with Gasteiger partial charge in [0.1, 0.15) is 17.3 Å². The molecule has 0 aliphatic carbocycles. The van der Waals surface area contributed by atoms with Crippen LogP contribution in [0.4, 0.5) is 10.2 Å². The van der Waals surface area contributed by atoms with Gasteiger partial charge < -0.3 is 10.3 Å². The van der Waals surface area contributed by atoms with Crippen LogP contribution >= 0.6 is 0 Å². The molecule has 142 valence electrons. The lowest BCUT2D eigenvalue weighted by atomic mass is 10.0. The Morgan fingerprint density at radius 2 is 1.96 bits per heavy atom. The van der Waals surface area contributed by atoms with Crippen LogP contribution in [0.5, 0.6) is 0 Å². The number of H-pyrrole nitrogens is 1. The summed E-state index contributed by atoms with van der Waals surface area (Å²) in [7, 11) is -3.98. The number of nitrogens with two attached hydrogens (primary N) is 1. The summed E-state index contributed by atoms with van der Waals surface area (Å²) in [6.07, 6.45) is 3.41. The molecule has 9 heteroatoms. The molecule has 0 bridgehead atoms. The molecule has 4 aromatic rings. The van der Waals surface area contributed by atoms with E-state index in [2.05, 4.69) is 20.3 Å². The van der Waals surface area contributed by atoms with Crippen molar-refractivity contribution in [1.82, 2.24) is 15.0 Å². The molecule has 3 aromatic heterocycles. The lowest BCUT2D eigenvalue weighted by Crippen LogP contribution is -2.12. The molecule has 3 heterocycles. The second-order valence-corrected chi connectivity index (χ2v) is 7.72. The zero-order valence-electron chi connectivity index (χ0n) is 14.6. The number of nitrogens with one attached hydrogen (secondary N) is 2. The van der Waals surface area contributed by atoms with Gasteiger partial charge in [-0.15, -0.1) is 0 Å². The van der Waals surface area contributed by atoms with Gasteiger partial charge in [-0.2, -0.15) is 0 Å². The van der Waals surface area contributed by atoms with E-state index < -0.39 is 15.8 Å². The minimum absolute atomic E-state index is 0.250. The number of sulfonamides is 1. The standard InChI is InChI=1S/C19H16FN5O2S/c20-17-9-13(28(21,26)27)4-5-14(17)16-10-18(25-19-15(16)6-8-23-19)24-11-12-3-1-2-7-22-12/h1-10H,11H2,(H2,21,26,27)(H2,23,24,25). The van der Waals surface area contributed by atoms with Crippen LogP contribution in [0.2, 0.25) is 0 Å². The molecule has 28 heavy (non-hydrogen) atoms. The highest BCUT2D eigenvalue weighted by molar-refractivity contribution is 7.89. The van der Waals surface area contributed by atoms with E-state index >= 15 is 0 Å². The van der Waals surface area contributed by atoms with Crippen LogP contribution in [-0.2, 0) is 16.6 Å². The number of rotatable bonds is 5. The van der Waals surface area contributed by atoms with Crippen LogP contribution in [0.1, 0.15) is 5.69 Å². The number of aromatic amines is 1. The minimum atomic E-state index is -3.98. The molecule has 0 atom stereocenters. The summed E-state index contributed by atoms with van der Waals surface area (Å²) in [5.74, 6) is -0.151. The fourth-order valence-corrected chi connectivity index (χ4v) is 3.45. The predicted octanol–water partition coefficient (Wildman–Crippen LogP) is 3.02. The monoisotopic (exact) mass is 397 g/mol. The van der Waals surface area contributed by atoms with Crippen molar-refractivity contribution in [2.75, 3.05) is 5.32 Å². The van der Waals surface area contributed by atoms with E-state index in [1.165, 1.54) is 12.1 Å². The summed E-state index contributed by atoms with van der Waals surface area (Å²) in [6, 6.07) is 12.7. The SMILES string of the molecule is NS(=O)(=O)c1ccc(-c2cc(NCc3ccccn3)nc3[nH]ccc23)c(F)c1. The summed E-state index contributed by atoms with van der Waals surface area (Å²) in [5, 5.41) is 8.97. The van der Waals surface area contributed by atoms with Gasteiger partial charge >= 0.3 is 0 Å². The molecule has 1 aromatic carbocycles. The Bertz CT molecular complexity index is 1260. The Hall–Kier alpha value is -3.30. The first kappa shape index (κ1) is 18.1. The van der Waals surface area contributed by atoms with Gasteiger partial charge in [0.2, 0.25) is 10.0 Å². The van der Waals surface area contributed by atoms with E-state index in [9.17, 15) is 12.8 Å². The normalized spacial score (nSPS) is 11.6. The van der Waals surface area contributed by atoms with E-state index in [0.717, 1.165) is 11.8 Å². The summed E-state index contributed by atoms with van der Waals surface area (Å²) < 4.78 is 37.6. The van der Waals surface area contributed by atoms with Crippen LogP contribution in [-0.4, -0.2) is 23.4 Å². The highest BCUT2D eigenvalue weighted by Crippen LogP contribution is 2.32. The van der Waals surface area contributed by atoms with Gasteiger partial charge in [-0.3, -0.25) is 4.98 Å². The van der Waals surface area contributed by atoms with Crippen LogP contribution in [0, 0.1) is 5.82 Å². The fourth-order valence-electron chi connectivity index (χ4n) is 2.93. The largest absolute Gasteiger partial charge is 0.364 e. The van der Waals surface area contributed by atoms with Crippen molar-refractivity contribution in [3.8, 4) is 11.1 Å². The van der Waals surface area contributed by atoms with Crippen LogP contribution in [0.25, 0.3) is 22.2 Å². The Kier molecular flexibility index (Phi) is 4.54. The molecule has 0 saturated heterocycles. The summed E-state index contributed by atoms with van der Waals surface area (Å²) in [4.78, 5) is 11.5. The van der Waals surface area contributed by atoms with Crippen molar-refractivity contribution in [2.24, 2.45) is 5.14 Å². The maximum Gasteiger partial charge on any atom is 0.238 e. The van der Waals surface area contributed by atoms with Gasteiger partial charge in [0.05, 0.1) is 17.1 Å². The first-order valence-corrected chi connectivity index (χ1v) is 9.91. The van der Waals surface area contributed by atoms with Crippen LogP contribution in [0.3, 0.4) is 0 Å². The molecule has 0 amide bonds. The average Bonchev–Trinajstić information content (AvgIpc) is 3.14. The third-order valence-corrected chi connectivity index (χ3v) is 5.18. The second-order valence-electron chi connectivity index (χ2n) is 6.16. The smallest absolute Gasteiger partial charge is 0.238 e. The number of anilines is 1. The number of nitrogens with zero attached hydrogens (tertiary/aromatic N) is 2. The van der Waals surface area contributed by atoms with Crippen molar-refractivity contribution in [1.29, 1.82) is 0 Å². The highest BCUT2D eigenvalue weighted by Gasteiger charge is 2.16. The lowest BCUT2D eigenvalue weighted by molar-refractivity contribution is 0.593. The molecular formula is C19H16FN5O2S. The zero-order valence-corrected chi connectivity index (χ0v) is 15.4. The summed E-state index contributed by atoms with van der Waals surface area (Å²) in [5.41, 5.74) is 2.24. The quantitative estimate of drug-likeness (QED) is 0.479. The number of pyridine rings is 2. The number of hydrogen-bond acceptors (Lipinski definition) is 5. The topological polar surface area (TPSA) is 114 Å². The maximum absolute atomic E-state index is 14.7. The summed E-state index contributed by atoms with van der Waals surface area (Å²) in [6.45, 7) is 0.451. The highest BCUT2D eigenvalue weighted by atomic mass is 32.2. The number of halogens is 1. The second kappa shape index (κ2) is 7.02. The van der Waals surface area contributed by atoms with Crippen molar-refractivity contribution >= 4 is 26.9 Å². The Morgan fingerprint density at radius 3 is 2.68 bits per heavy atom. The number of fused-ring (bicyclic) bond motifs is 1.